The third-order valence-corrected chi connectivity index (χ3v) is 3.22. The van der Waals surface area contributed by atoms with Gasteiger partial charge in [-0.05, 0) is 30.0 Å². The number of aryl methyl sites for hydroxylation is 1. The minimum atomic E-state index is -0.338. The van der Waals surface area contributed by atoms with Gasteiger partial charge in [0.1, 0.15) is 5.82 Å². The Morgan fingerprint density at radius 2 is 2.12 bits per heavy atom. The number of nitrogens with one attached hydrogen (secondary N) is 1. The fourth-order valence-corrected chi connectivity index (χ4v) is 1.58. The quantitative estimate of drug-likeness (QED) is 0.800. The molecule has 2 unspecified atom stereocenters. The molecule has 0 aliphatic carbocycles. The average molecular weight is 239 g/mol. The Labute approximate surface area is 103 Å². The summed E-state index contributed by atoms with van der Waals surface area (Å²) in [5.74, 6) is 0.115. The SMILES string of the molecule is CCC(C)C(O)CNCc1ccc(C)c(F)c1. The van der Waals surface area contributed by atoms with Crippen molar-refractivity contribution >= 4 is 0 Å². The van der Waals surface area contributed by atoms with Crippen LogP contribution in [-0.2, 0) is 6.54 Å². The molecule has 1 aromatic rings. The van der Waals surface area contributed by atoms with Gasteiger partial charge in [-0.3, -0.25) is 0 Å². The fraction of sp³-hybridized carbons (Fsp3) is 0.571. The van der Waals surface area contributed by atoms with Crippen molar-refractivity contribution in [3.8, 4) is 0 Å². The lowest BCUT2D eigenvalue weighted by molar-refractivity contribution is 0.113. The van der Waals surface area contributed by atoms with E-state index in [1.165, 1.54) is 6.07 Å². The second-order valence-electron chi connectivity index (χ2n) is 4.67. The average Bonchev–Trinajstić information content (AvgIpc) is 2.32. The highest BCUT2D eigenvalue weighted by atomic mass is 19.1. The third kappa shape index (κ3) is 4.44. The molecule has 0 spiro atoms. The van der Waals surface area contributed by atoms with Crippen LogP contribution in [0.1, 0.15) is 31.4 Å². The van der Waals surface area contributed by atoms with Gasteiger partial charge in [-0.2, -0.15) is 0 Å². The minimum absolute atomic E-state index is 0.174. The van der Waals surface area contributed by atoms with Crippen LogP contribution in [0, 0.1) is 18.7 Å². The van der Waals surface area contributed by atoms with E-state index in [0.717, 1.165) is 12.0 Å². The predicted octanol–water partition coefficient (Wildman–Crippen LogP) is 2.63. The van der Waals surface area contributed by atoms with Gasteiger partial charge in [0.05, 0.1) is 6.10 Å². The van der Waals surface area contributed by atoms with E-state index in [-0.39, 0.29) is 17.8 Å². The van der Waals surface area contributed by atoms with Gasteiger partial charge in [0, 0.05) is 13.1 Å². The van der Waals surface area contributed by atoms with Crippen molar-refractivity contribution in [2.45, 2.75) is 39.8 Å². The zero-order valence-corrected chi connectivity index (χ0v) is 10.8. The molecule has 2 N–H and O–H groups in total. The van der Waals surface area contributed by atoms with Gasteiger partial charge in [-0.25, -0.2) is 4.39 Å². The molecule has 0 aromatic heterocycles. The van der Waals surface area contributed by atoms with Crippen LogP contribution in [-0.4, -0.2) is 17.8 Å². The molecule has 96 valence electrons. The van der Waals surface area contributed by atoms with Gasteiger partial charge in [-0.1, -0.05) is 32.4 Å². The normalized spacial score (nSPS) is 14.6. The Hall–Kier alpha value is -0.930. The van der Waals surface area contributed by atoms with Gasteiger partial charge in [-0.15, -0.1) is 0 Å². The molecule has 0 fully saturated rings. The van der Waals surface area contributed by atoms with Crippen LogP contribution in [0.2, 0.25) is 0 Å². The molecule has 0 heterocycles. The molecule has 2 atom stereocenters. The Bertz CT molecular complexity index is 354. The maximum atomic E-state index is 13.3. The number of benzene rings is 1. The summed E-state index contributed by atoms with van der Waals surface area (Å²) in [5, 5.41) is 12.9. The summed E-state index contributed by atoms with van der Waals surface area (Å²) < 4.78 is 13.3. The second-order valence-corrected chi connectivity index (χ2v) is 4.67. The Kier molecular flexibility index (Phi) is 5.59. The smallest absolute Gasteiger partial charge is 0.126 e. The standard InChI is InChI=1S/C14H22FNO/c1-4-10(2)14(17)9-16-8-12-6-5-11(3)13(15)7-12/h5-7,10,14,16-17H,4,8-9H2,1-3H3. The van der Waals surface area contributed by atoms with E-state index < -0.39 is 0 Å². The molecule has 2 nitrogen and oxygen atoms in total. The van der Waals surface area contributed by atoms with Crippen LogP contribution in [0.3, 0.4) is 0 Å². The molecule has 0 saturated heterocycles. The second kappa shape index (κ2) is 6.72. The van der Waals surface area contributed by atoms with Crippen LogP contribution in [0.5, 0.6) is 0 Å². The van der Waals surface area contributed by atoms with Crippen molar-refractivity contribution in [2.24, 2.45) is 5.92 Å². The van der Waals surface area contributed by atoms with Crippen molar-refractivity contribution in [2.75, 3.05) is 6.54 Å². The molecule has 17 heavy (non-hydrogen) atoms. The van der Waals surface area contributed by atoms with Crippen LogP contribution >= 0.6 is 0 Å². The fourth-order valence-electron chi connectivity index (χ4n) is 1.58. The van der Waals surface area contributed by atoms with Crippen molar-refractivity contribution in [1.29, 1.82) is 0 Å². The van der Waals surface area contributed by atoms with Gasteiger partial charge < -0.3 is 10.4 Å². The maximum Gasteiger partial charge on any atom is 0.126 e. The van der Waals surface area contributed by atoms with Gasteiger partial charge in [0.15, 0.2) is 0 Å². The van der Waals surface area contributed by atoms with Crippen LogP contribution in [0.15, 0.2) is 18.2 Å². The Balaban J connectivity index is 2.38. The van der Waals surface area contributed by atoms with Crippen LogP contribution in [0.4, 0.5) is 4.39 Å². The van der Waals surface area contributed by atoms with E-state index in [2.05, 4.69) is 12.2 Å². The zero-order chi connectivity index (χ0) is 12.8. The first-order chi connectivity index (χ1) is 8.04. The van der Waals surface area contributed by atoms with Gasteiger partial charge in [0.2, 0.25) is 0 Å². The highest BCUT2D eigenvalue weighted by molar-refractivity contribution is 5.23. The Morgan fingerprint density at radius 1 is 1.41 bits per heavy atom. The summed E-state index contributed by atoms with van der Waals surface area (Å²) in [6, 6.07) is 5.22. The molecule has 0 saturated carbocycles. The van der Waals surface area contributed by atoms with Crippen LogP contribution in [0.25, 0.3) is 0 Å². The summed E-state index contributed by atoms with van der Waals surface area (Å²) in [4.78, 5) is 0. The Morgan fingerprint density at radius 3 is 2.71 bits per heavy atom. The van der Waals surface area contributed by atoms with E-state index in [0.29, 0.717) is 18.7 Å². The lowest BCUT2D eigenvalue weighted by Crippen LogP contribution is -2.31. The molecule has 1 rings (SSSR count). The molecule has 3 heteroatoms. The first-order valence-electron chi connectivity index (χ1n) is 6.18. The lowest BCUT2D eigenvalue weighted by atomic mass is 10.0. The molecule has 0 radical (unpaired) electrons. The number of aliphatic hydroxyl groups excluding tert-OH is 1. The highest BCUT2D eigenvalue weighted by Crippen LogP contribution is 2.09. The van der Waals surface area contributed by atoms with Gasteiger partial charge >= 0.3 is 0 Å². The first-order valence-corrected chi connectivity index (χ1v) is 6.18. The van der Waals surface area contributed by atoms with Crippen molar-refractivity contribution in [1.82, 2.24) is 5.32 Å². The van der Waals surface area contributed by atoms with Gasteiger partial charge in [0.25, 0.3) is 0 Å². The number of halogens is 1. The van der Waals surface area contributed by atoms with E-state index in [1.807, 2.05) is 13.0 Å². The highest BCUT2D eigenvalue weighted by Gasteiger charge is 2.11. The monoisotopic (exact) mass is 239 g/mol. The maximum absolute atomic E-state index is 13.3. The zero-order valence-electron chi connectivity index (χ0n) is 10.8. The number of rotatable bonds is 6. The molecule has 0 amide bonds. The van der Waals surface area contributed by atoms with Crippen molar-refractivity contribution in [3.63, 3.8) is 0 Å². The number of hydrogen-bond acceptors (Lipinski definition) is 2. The van der Waals surface area contributed by atoms with E-state index in [1.54, 1.807) is 13.0 Å². The van der Waals surface area contributed by atoms with E-state index in [4.69, 9.17) is 0 Å². The lowest BCUT2D eigenvalue weighted by Gasteiger charge is -2.17. The summed E-state index contributed by atoms with van der Waals surface area (Å²) in [5.41, 5.74) is 1.57. The summed E-state index contributed by atoms with van der Waals surface area (Å²) in [6.45, 7) is 6.97. The molecule has 0 aliphatic rings. The number of aliphatic hydroxyl groups is 1. The first kappa shape index (κ1) is 14.1. The molecular formula is C14H22FNO. The minimum Gasteiger partial charge on any atom is -0.392 e. The molecular weight excluding hydrogens is 217 g/mol. The molecule has 0 aliphatic heterocycles. The van der Waals surface area contributed by atoms with Crippen molar-refractivity contribution < 1.29 is 9.50 Å². The third-order valence-electron chi connectivity index (χ3n) is 3.22. The molecule has 0 bridgehead atoms. The number of hydrogen-bond donors (Lipinski definition) is 2. The largest absolute Gasteiger partial charge is 0.392 e. The molecule has 1 aromatic carbocycles. The summed E-state index contributed by atoms with van der Waals surface area (Å²) >= 11 is 0. The summed E-state index contributed by atoms with van der Waals surface area (Å²) in [7, 11) is 0. The van der Waals surface area contributed by atoms with Crippen LogP contribution < -0.4 is 5.32 Å². The van der Waals surface area contributed by atoms with E-state index >= 15 is 0 Å². The predicted molar refractivity (Wildman–Crippen MR) is 68.3 cm³/mol. The summed E-state index contributed by atoms with van der Waals surface area (Å²) in [6.07, 6.45) is 0.623. The topological polar surface area (TPSA) is 32.3 Å². The van der Waals surface area contributed by atoms with Crippen molar-refractivity contribution in [3.05, 3.63) is 35.1 Å². The van der Waals surface area contributed by atoms with E-state index in [9.17, 15) is 9.50 Å².